The molecule has 0 aliphatic rings. The minimum Gasteiger partial charge on any atom is -0.506 e. The molecule has 0 spiro atoms. The number of phenols is 1. The Labute approximate surface area is 170 Å². The monoisotopic (exact) mass is 422 g/mol. The van der Waals surface area contributed by atoms with Crippen LogP contribution < -0.4 is 0 Å². The van der Waals surface area contributed by atoms with Crippen LogP contribution in [-0.2, 0) is 10.1 Å². The van der Waals surface area contributed by atoms with Crippen molar-refractivity contribution in [2.45, 2.75) is 4.90 Å². The van der Waals surface area contributed by atoms with Crippen molar-refractivity contribution in [3.63, 3.8) is 0 Å². The normalized spacial score (nSPS) is 12.0. The highest BCUT2D eigenvalue weighted by atomic mass is 32.2. The highest BCUT2D eigenvalue weighted by Crippen LogP contribution is 2.39. The summed E-state index contributed by atoms with van der Waals surface area (Å²) in [5.74, 6) is -1.43. The van der Waals surface area contributed by atoms with E-state index in [1.54, 1.807) is 36.4 Å². The van der Waals surface area contributed by atoms with Crippen molar-refractivity contribution < 1.29 is 28.0 Å². The van der Waals surface area contributed by atoms with E-state index in [0.717, 1.165) is 0 Å². The van der Waals surface area contributed by atoms with Crippen LogP contribution in [0, 0.1) is 0 Å². The molecule has 0 radical (unpaired) electrons. The Bertz CT molecular complexity index is 1460. The molecule has 4 aromatic carbocycles. The van der Waals surface area contributed by atoms with Gasteiger partial charge in [0.25, 0.3) is 10.1 Å². The molecule has 0 amide bonds. The number of aromatic carboxylic acids is 1. The quantitative estimate of drug-likeness (QED) is 0.311. The molecule has 8 nitrogen and oxygen atoms in total. The van der Waals surface area contributed by atoms with E-state index in [4.69, 9.17) is 0 Å². The van der Waals surface area contributed by atoms with Crippen LogP contribution in [0.1, 0.15) is 10.4 Å². The van der Waals surface area contributed by atoms with Gasteiger partial charge in [-0.05, 0) is 29.7 Å². The van der Waals surface area contributed by atoms with Crippen molar-refractivity contribution in [3.05, 3.63) is 72.3 Å². The van der Waals surface area contributed by atoms with E-state index in [1.807, 2.05) is 0 Å². The lowest BCUT2D eigenvalue weighted by Gasteiger charge is -2.08. The zero-order valence-corrected chi connectivity index (χ0v) is 16.0. The Hall–Kier alpha value is -3.82. The van der Waals surface area contributed by atoms with Gasteiger partial charge in [-0.1, -0.05) is 42.5 Å². The van der Waals surface area contributed by atoms with Crippen molar-refractivity contribution in [1.82, 2.24) is 0 Å². The number of benzene rings is 4. The number of phenolic OH excluding ortho intramolecular Hbond substituents is 1. The minimum absolute atomic E-state index is 0.0200. The molecule has 0 aliphatic heterocycles. The van der Waals surface area contributed by atoms with Crippen molar-refractivity contribution in [1.29, 1.82) is 0 Å². The molecule has 3 N–H and O–H groups in total. The number of hydrogen-bond acceptors (Lipinski definition) is 6. The first-order valence-corrected chi connectivity index (χ1v) is 10.1. The fourth-order valence-corrected chi connectivity index (χ4v) is 4.00. The van der Waals surface area contributed by atoms with Crippen LogP contribution in [0.5, 0.6) is 5.75 Å². The molecule has 9 heteroatoms. The summed E-state index contributed by atoms with van der Waals surface area (Å²) >= 11 is 0. The summed E-state index contributed by atoms with van der Waals surface area (Å²) in [5.41, 5.74) is 0.222. The van der Waals surface area contributed by atoms with Crippen LogP contribution in [-0.4, -0.2) is 29.2 Å². The van der Waals surface area contributed by atoms with Crippen LogP contribution in [0.3, 0.4) is 0 Å². The smallest absolute Gasteiger partial charge is 0.336 e. The fourth-order valence-electron chi connectivity index (χ4n) is 3.30. The van der Waals surface area contributed by atoms with Gasteiger partial charge >= 0.3 is 5.97 Å². The third-order valence-corrected chi connectivity index (χ3v) is 5.54. The van der Waals surface area contributed by atoms with Crippen LogP contribution >= 0.6 is 0 Å². The van der Waals surface area contributed by atoms with Gasteiger partial charge in [0.05, 0.1) is 11.3 Å². The average molecular weight is 422 g/mol. The Balaban J connectivity index is 1.94. The van der Waals surface area contributed by atoms with E-state index in [-0.39, 0.29) is 38.4 Å². The van der Waals surface area contributed by atoms with Gasteiger partial charge in [-0.3, -0.25) is 4.55 Å². The standard InChI is InChI=1S/C21H14N2O6S/c24-17-10-8-12-4-3-7-15(21(25)26)19(12)20(17)23-22-16-9-11-18(30(27,28)29)14-6-2-1-5-13(14)16/h1-11,24H,(H,25,26)(H,27,28,29). The molecule has 150 valence electrons. The van der Waals surface area contributed by atoms with E-state index in [2.05, 4.69) is 10.2 Å². The summed E-state index contributed by atoms with van der Waals surface area (Å²) in [7, 11) is -4.44. The predicted octanol–water partition coefficient (Wildman–Crippen LogP) is 5.06. The molecule has 4 rings (SSSR count). The fraction of sp³-hybridized carbons (Fsp3) is 0. The maximum atomic E-state index is 11.6. The van der Waals surface area contributed by atoms with E-state index >= 15 is 0 Å². The van der Waals surface area contributed by atoms with Gasteiger partial charge in [-0.2, -0.15) is 8.42 Å². The Morgan fingerprint density at radius 2 is 1.57 bits per heavy atom. The number of hydrogen-bond donors (Lipinski definition) is 3. The zero-order valence-electron chi connectivity index (χ0n) is 15.2. The maximum absolute atomic E-state index is 11.6. The van der Waals surface area contributed by atoms with Gasteiger partial charge < -0.3 is 10.2 Å². The summed E-state index contributed by atoms with van der Waals surface area (Å²) in [6.07, 6.45) is 0. The van der Waals surface area contributed by atoms with Gasteiger partial charge in [0.2, 0.25) is 0 Å². The molecule has 0 atom stereocenters. The summed E-state index contributed by atoms with van der Waals surface area (Å²) in [4.78, 5) is 11.4. The molecule has 4 aromatic rings. The number of fused-ring (bicyclic) bond motifs is 2. The second kappa shape index (κ2) is 7.21. The second-order valence-corrected chi connectivity index (χ2v) is 7.84. The molecule has 0 unspecified atom stereocenters. The predicted molar refractivity (Wildman–Crippen MR) is 111 cm³/mol. The molecule has 0 fully saturated rings. The summed E-state index contributed by atoms with van der Waals surface area (Å²) in [5, 5.41) is 29.5. The first kappa shape index (κ1) is 19.5. The second-order valence-electron chi connectivity index (χ2n) is 6.45. The minimum atomic E-state index is -4.44. The van der Waals surface area contributed by atoms with E-state index in [0.29, 0.717) is 10.8 Å². The lowest BCUT2D eigenvalue weighted by Crippen LogP contribution is -1.98. The van der Waals surface area contributed by atoms with Gasteiger partial charge in [-0.25, -0.2) is 4.79 Å². The molecule has 0 aliphatic carbocycles. The molecule has 0 aromatic heterocycles. The third-order valence-electron chi connectivity index (χ3n) is 4.62. The number of rotatable bonds is 4. The summed E-state index contributed by atoms with van der Waals surface area (Å²) in [6, 6.07) is 16.7. The van der Waals surface area contributed by atoms with Crippen molar-refractivity contribution in [2.24, 2.45) is 10.2 Å². The zero-order chi connectivity index (χ0) is 21.5. The van der Waals surface area contributed by atoms with E-state index < -0.39 is 16.1 Å². The van der Waals surface area contributed by atoms with Crippen molar-refractivity contribution >= 4 is 49.0 Å². The lowest BCUT2D eigenvalue weighted by molar-refractivity contribution is 0.0699. The summed E-state index contributed by atoms with van der Waals surface area (Å²) in [6.45, 7) is 0. The third kappa shape index (κ3) is 3.36. The summed E-state index contributed by atoms with van der Waals surface area (Å²) < 4.78 is 32.7. The Morgan fingerprint density at radius 1 is 0.833 bits per heavy atom. The van der Waals surface area contributed by atoms with Gasteiger partial charge in [0.15, 0.2) is 0 Å². The lowest BCUT2D eigenvalue weighted by atomic mass is 10.0. The molecule has 30 heavy (non-hydrogen) atoms. The molecule has 0 bridgehead atoms. The largest absolute Gasteiger partial charge is 0.506 e. The van der Waals surface area contributed by atoms with Crippen LogP contribution in [0.15, 0.2) is 81.9 Å². The maximum Gasteiger partial charge on any atom is 0.336 e. The van der Waals surface area contributed by atoms with Gasteiger partial charge in [-0.15, -0.1) is 10.2 Å². The number of carboxylic acid groups (broad SMARTS) is 1. The Morgan fingerprint density at radius 3 is 2.27 bits per heavy atom. The number of carbonyl (C=O) groups is 1. The average Bonchev–Trinajstić information content (AvgIpc) is 2.71. The van der Waals surface area contributed by atoms with Crippen molar-refractivity contribution in [2.75, 3.05) is 0 Å². The van der Waals surface area contributed by atoms with Gasteiger partial charge in [0, 0.05) is 16.2 Å². The highest BCUT2D eigenvalue weighted by molar-refractivity contribution is 7.86. The van der Waals surface area contributed by atoms with Crippen LogP contribution in [0.25, 0.3) is 21.5 Å². The highest BCUT2D eigenvalue weighted by Gasteiger charge is 2.17. The van der Waals surface area contributed by atoms with Crippen molar-refractivity contribution in [3.8, 4) is 5.75 Å². The molecular weight excluding hydrogens is 408 g/mol. The topological polar surface area (TPSA) is 137 Å². The van der Waals surface area contributed by atoms with Gasteiger partial charge in [0.1, 0.15) is 16.3 Å². The van der Waals surface area contributed by atoms with Crippen LogP contribution in [0.2, 0.25) is 0 Å². The van der Waals surface area contributed by atoms with Crippen LogP contribution in [0.4, 0.5) is 11.4 Å². The first-order valence-electron chi connectivity index (χ1n) is 8.66. The number of nitrogens with zero attached hydrogens (tertiary/aromatic N) is 2. The number of aromatic hydroxyl groups is 1. The molecule has 0 saturated carbocycles. The molecule has 0 heterocycles. The number of carboxylic acids is 1. The SMILES string of the molecule is O=C(O)c1cccc2ccc(O)c(N=Nc3ccc(S(=O)(=O)O)c4ccccc34)c12. The Kier molecular flexibility index (Phi) is 4.69. The molecule has 0 saturated heterocycles. The number of azo groups is 1. The first-order chi connectivity index (χ1) is 14.3. The molecular formula is C21H14N2O6S. The van der Waals surface area contributed by atoms with E-state index in [9.17, 15) is 28.0 Å². The van der Waals surface area contributed by atoms with E-state index in [1.165, 1.54) is 30.3 Å².